The first-order chi connectivity index (χ1) is 33.8. The van der Waals surface area contributed by atoms with Gasteiger partial charge < -0.3 is 23.7 Å². The Morgan fingerprint density at radius 3 is 1.52 bits per heavy atom. The van der Waals surface area contributed by atoms with E-state index in [-0.39, 0.29) is 34.7 Å². The van der Waals surface area contributed by atoms with Crippen LogP contribution in [0.3, 0.4) is 0 Å². The number of carbonyl (C=O) groups excluding carboxylic acids is 4. The van der Waals surface area contributed by atoms with Crippen molar-refractivity contribution >= 4 is 65.1 Å². The molecule has 0 N–H and O–H groups in total. The second-order valence-corrected chi connectivity index (χ2v) is 19.3. The van der Waals surface area contributed by atoms with Gasteiger partial charge in [-0.25, -0.2) is 24.2 Å². The van der Waals surface area contributed by atoms with Gasteiger partial charge in [0.2, 0.25) is 4.80 Å². The second-order valence-electron chi connectivity index (χ2n) is 17.3. The van der Waals surface area contributed by atoms with E-state index in [9.17, 15) is 19.2 Å². The molecule has 1 saturated heterocycles. The lowest BCUT2D eigenvalue weighted by atomic mass is 9.98. The smallest absolute Gasteiger partial charge is 0.338 e. The summed E-state index contributed by atoms with van der Waals surface area (Å²) < 4.78 is 33.9. The first kappa shape index (κ1) is 51.7. The topological polar surface area (TPSA) is 157 Å². The molecule has 5 atom stereocenters. The highest BCUT2D eigenvalue weighted by Gasteiger charge is 2.54. The molecule has 16 heteroatoms. The summed E-state index contributed by atoms with van der Waals surface area (Å²) in [6.45, 7) is 9.44. The van der Waals surface area contributed by atoms with E-state index in [4.69, 9.17) is 38.7 Å². The number of benzene rings is 6. The Hall–Kier alpha value is -7.17. The molecule has 0 spiro atoms. The van der Waals surface area contributed by atoms with E-state index in [2.05, 4.69) is 0 Å². The van der Waals surface area contributed by atoms with Crippen LogP contribution < -0.4 is 9.60 Å². The average Bonchev–Trinajstić information content (AvgIpc) is 3.36. The third-order valence-corrected chi connectivity index (χ3v) is 12.6. The summed E-state index contributed by atoms with van der Waals surface area (Å²) in [5, 5.41) is 0.301. The van der Waals surface area contributed by atoms with E-state index in [0.717, 1.165) is 22.9 Å². The van der Waals surface area contributed by atoms with E-state index >= 15 is 0 Å². The van der Waals surface area contributed by atoms with Crippen molar-refractivity contribution in [2.24, 2.45) is 9.98 Å². The molecule has 71 heavy (non-hydrogen) atoms. The fourth-order valence-electron chi connectivity index (χ4n) is 7.22. The van der Waals surface area contributed by atoms with E-state index in [1.807, 2.05) is 87.7 Å². The van der Waals surface area contributed by atoms with Crippen LogP contribution in [0.1, 0.15) is 73.3 Å². The van der Waals surface area contributed by atoms with Gasteiger partial charge in [-0.15, -0.1) is 12.4 Å². The van der Waals surface area contributed by atoms with Crippen LogP contribution >= 0.6 is 35.5 Å². The van der Waals surface area contributed by atoms with Crippen molar-refractivity contribution in [3.8, 4) is 5.69 Å². The van der Waals surface area contributed by atoms with Crippen molar-refractivity contribution < 1.29 is 42.9 Å². The zero-order chi connectivity index (χ0) is 49.2. The lowest BCUT2D eigenvalue weighted by Gasteiger charge is -2.44. The number of aryl methyl sites for hydroxylation is 2. The SMILES string of the molecule is Cc1ccc(N=c2nc(SC3O[C@H](COC(=O)c4ccccc4)[C@@H](OC(=O)c4ccccc4)[C@H](OC(=O)c4ccccc4)[C@H]3OC(=O)c3ccccc3)n(-c3ccc(C)cc3)c(=NC(C)(C)C)s2)cc1.Cl. The van der Waals surface area contributed by atoms with Gasteiger partial charge in [0, 0.05) is 0 Å². The maximum Gasteiger partial charge on any atom is 0.338 e. The summed E-state index contributed by atoms with van der Waals surface area (Å²) in [6.07, 6.45) is -5.94. The molecule has 7 aromatic rings. The summed E-state index contributed by atoms with van der Waals surface area (Å²) in [7, 11) is 0. The standard InChI is InChI=1S/C55H50N4O9S2.ClH/c1-35-26-30-41(31-27-35)56-52-57-53(59(42-32-28-36(2)29-33-42)54(70-52)58-55(3,4)5)69-51-46(68-50(63)40-24-16-9-17-25-40)45(67-49(62)39-22-14-8-15-23-39)44(66-48(61)38-20-12-7-13-21-38)43(65-51)34-64-47(60)37-18-10-6-11-19-37;/h6-33,43-46,51H,34H2,1-5H3;1H/t43-,44-,45+,46-,51?;/m1./s1. The Bertz CT molecular complexity index is 3080. The summed E-state index contributed by atoms with van der Waals surface area (Å²) in [4.78, 5) is 72.6. The van der Waals surface area contributed by atoms with Gasteiger partial charge in [-0.3, -0.25) is 9.56 Å². The summed E-state index contributed by atoms with van der Waals surface area (Å²) in [5.74, 6) is -3.07. The number of aromatic nitrogens is 2. The minimum atomic E-state index is -1.57. The molecule has 0 radical (unpaired) electrons. The molecule has 0 aliphatic carbocycles. The molecule has 8 rings (SSSR count). The van der Waals surface area contributed by atoms with Crippen molar-refractivity contribution in [2.45, 2.75) is 75.2 Å². The zero-order valence-electron chi connectivity index (χ0n) is 39.4. The highest BCUT2D eigenvalue weighted by Crippen LogP contribution is 2.38. The first-order valence-electron chi connectivity index (χ1n) is 22.5. The summed E-state index contributed by atoms with van der Waals surface area (Å²) in [6, 6.07) is 48.7. The Balaban J connectivity index is 0.00000741. The van der Waals surface area contributed by atoms with Crippen LogP contribution in [-0.4, -0.2) is 75.4 Å². The minimum absolute atomic E-state index is 0. The normalized spacial score (nSPS) is 18.1. The van der Waals surface area contributed by atoms with Gasteiger partial charge in [-0.05, 0) is 107 Å². The molecule has 6 aromatic carbocycles. The van der Waals surface area contributed by atoms with Crippen LogP contribution in [0.5, 0.6) is 0 Å². The molecule has 1 aliphatic rings. The van der Waals surface area contributed by atoms with Crippen molar-refractivity contribution in [3.05, 3.63) is 213 Å². The van der Waals surface area contributed by atoms with Gasteiger partial charge in [-0.2, -0.15) is 4.98 Å². The Kier molecular flexibility index (Phi) is 17.2. The molecule has 13 nitrogen and oxygen atoms in total. The minimum Gasteiger partial charge on any atom is -0.459 e. The number of carbonyl (C=O) groups is 4. The number of rotatable bonds is 13. The number of hydrogen-bond acceptors (Lipinski definition) is 14. The van der Waals surface area contributed by atoms with Gasteiger partial charge in [0.15, 0.2) is 33.7 Å². The summed E-state index contributed by atoms with van der Waals surface area (Å²) >= 11 is 2.32. The van der Waals surface area contributed by atoms with Gasteiger partial charge in [0.25, 0.3) is 0 Å². The van der Waals surface area contributed by atoms with Crippen molar-refractivity contribution in [3.63, 3.8) is 0 Å². The first-order valence-corrected chi connectivity index (χ1v) is 24.2. The average molecular weight is 1010 g/mol. The molecule has 1 unspecified atom stereocenters. The van der Waals surface area contributed by atoms with Crippen LogP contribution in [0, 0.1) is 13.8 Å². The number of halogens is 1. The maximum absolute atomic E-state index is 14.4. The van der Waals surface area contributed by atoms with Crippen LogP contribution in [0.4, 0.5) is 5.69 Å². The maximum atomic E-state index is 14.4. The van der Waals surface area contributed by atoms with Crippen LogP contribution in [0.15, 0.2) is 185 Å². The predicted molar refractivity (Wildman–Crippen MR) is 273 cm³/mol. The molecule has 0 bridgehead atoms. The number of esters is 4. The highest BCUT2D eigenvalue weighted by atomic mass is 35.5. The third-order valence-electron chi connectivity index (χ3n) is 10.7. The van der Waals surface area contributed by atoms with Crippen molar-refractivity contribution in [1.29, 1.82) is 0 Å². The number of ether oxygens (including phenoxy) is 5. The number of thioether (sulfide) groups is 1. The molecular formula is C55H51ClN4O9S2. The van der Waals surface area contributed by atoms with Crippen LogP contribution in [0.25, 0.3) is 5.69 Å². The van der Waals surface area contributed by atoms with E-state index < -0.39 is 65.9 Å². The molecule has 364 valence electrons. The predicted octanol–water partition coefficient (Wildman–Crippen LogP) is 10.3. The zero-order valence-corrected chi connectivity index (χ0v) is 41.9. The van der Waals surface area contributed by atoms with E-state index in [1.54, 1.807) is 121 Å². The summed E-state index contributed by atoms with van der Waals surface area (Å²) in [5.41, 5.74) is 2.35. The lowest BCUT2D eigenvalue weighted by molar-refractivity contribution is -0.207. The van der Waals surface area contributed by atoms with Gasteiger partial charge in [0.05, 0.1) is 39.2 Å². The van der Waals surface area contributed by atoms with Crippen molar-refractivity contribution in [2.75, 3.05) is 6.61 Å². The van der Waals surface area contributed by atoms with Crippen LogP contribution in [0.2, 0.25) is 0 Å². The Morgan fingerprint density at radius 1 is 0.606 bits per heavy atom. The lowest BCUT2D eigenvalue weighted by Crippen LogP contribution is -2.62. The molecule has 1 fully saturated rings. The number of nitrogens with zero attached hydrogens (tertiary/aromatic N) is 4. The Morgan fingerprint density at radius 2 is 1.04 bits per heavy atom. The molecule has 1 aromatic heterocycles. The monoisotopic (exact) mass is 1010 g/mol. The van der Waals surface area contributed by atoms with E-state index in [0.29, 0.717) is 26.1 Å². The molecular weight excluding hydrogens is 960 g/mol. The largest absolute Gasteiger partial charge is 0.459 e. The molecule has 1 aliphatic heterocycles. The highest BCUT2D eigenvalue weighted by molar-refractivity contribution is 7.99. The fourth-order valence-corrected chi connectivity index (χ4v) is 9.57. The van der Waals surface area contributed by atoms with Gasteiger partial charge in [-0.1, -0.05) is 131 Å². The third kappa shape index (κ3) is 13.6. The quantitative estimate of drug-likeness (QED) is 0.0800. The van der Waals surface area contributed by atoms with Crippen molar-refractivity contribution in [1.82, 2.24) is 9.55 Å². The van der Waals surface area contributed by atoms with Gasteiger partial charge in [0.1, 0.15) is 12.7 Å². The second kappa shape index (κ2) is 23.6. The van der Waals surface area contributed by atoms with E-state index in [1.165, 1.54) is 11.3 Å². The molecule has 0 saturated carbocycles. The Labute approximate surface area is 425 Å². The van der Waals surface area contributed by atoms with Crippen LogP contribution in [-0.2, 0) is 23.7 Å². The molecule has 0 amide bonds. The number of hydrogen-bond donors (Lipinski definition) is 0. The molecule has 2 heterocycles. The van der Waals surface area contributed by atoms with Gasteiger partial charge >= 0.3 is 23.9 Å². The fraction of sp³-hybridized carbons (Fsp3) is 0.218.